The molecule has 0 bridgehead atoms. The number of ether oxygens (including phenoxy) is 1. The topological polar surface area (TPSA) is 81.4 Å². The summed E-state index contributed by atoms with van der Waals surface area (Å²) < 4.78 is 10.6. The van der Waals surface area contributed by atoms with Crippen molar-refractivity contribution in [2.75, 3.05) is 11.9 Å². The summed E-state index contributed by atoms with van der Waals surface area (Å²) in [6, 6.07) is 16.3. The Morgan fingerprint density at radius 2 is 1.81 bits per heavy atom. The van der Waals surface area contributed by atoms with Crippen molar-refractivity contribution in [2.45, 2.75) is 19.8 Å². The number of benzene rings is 2. The molecule has 0 fully saturated rings. The van der Waals surface area contributed by atoms with E-state index in [2.05, 4.69) is 10.3 Å². The highest BCUT2D eigenvalue weighted by Gasteiger charge is 2.10. The normalized spacial score (nSPS) is 10.4. The van der Waals surface area contributed by atoms with Gasteiger partial charge in [-0.3, -0.25) is 4.79 Å². The first-order chi connectivity index (χ1) is 13.2. The summed E-state index contributed by atoms with van der Waals surface area (Å²) in [5.41, 5.74) is 2.01. The lowest BCUT2D eigenvalue weighted by atomic mass is 10.2. The quantitative estimate of drug-likeness (QED) is 0.639. The van der Waals surface area contributed by atoms with E-state index >= 15 is 0 Å². The van der Waals surface area contributed by atoms with E-state index in [0.29, 0.717) is 35.9 Å². The predicted molar refractivity (Wildman–Crippen MR) is 101 cm³/mol. The van der Waals surface area contributed by atoms with E-state index in [1.165, 1.54) is 0 Å². The van der Waals surface area contributed by atoms with Crippen molar-refractivity contribution in [3.05, 3.63) is 72.2 Å². The Hall–Kier alpha value is -3.41. The largest absolute Gasteiger partial charge is 0.462 e. The summed E-state index contributed by atoms with van der Waals surface area (Å²) in [5, 5.41) is 2.79. The summed E-state index contributed by atoms with van der Waals surface area (Å²) in [7, 11) is 0. The molecule has 0 spiro atoms. The Kier molecular flexibility index (Phi) is 5.99. The zero-order valence-corrected chi connectivity index (χ0v) is 15.0. The Bertz CT molecular complexity index is 901. The average Bonchev–Trinajstić information content (AvgIpc) is 3.17. The van der Waals surface area contributed by atoms with Crippen molar-refractivity contribution >= 4 is 17.6 Å². The van der Waals surface area contributed by atoms with Crippen LogP contribution in [0.15, 0.2) is 65.2 Å². The number of nitrogens with one attached hydrogen (secondary N) is 1. The van der Waals surface area contributed by atoms with Gasteiger partial charge in [0.25, 0.3) is 0 Å². The maximum atomic E-state index is 12.1. The number of oxazole rings is 1. The van der Waals surface area contributed by atoms with Crippen LogP contribution in [0.2, 0.25) is 0 Å². The van der Waals surface area contributed by atoms with Crippen LogP contribution < -0.4 is 5.32 Å². The monoisotopic (exact) mass is 364 g/mol. The summed E-state index contributed by atoms with van der Waals surface area (Å²) >= 11 is 0. The second-order valence-electron chi connectivity index (χ2n) is 5.83. The zero-order chi connectivity index (χ0) is 19.1. The van der Waals surface area contributed by atoms with Gasteiger partial charge in [0, 0.05) is 24.1 Å². The molecule has 1 amide bonds. The van der Waals surface area contributed by atoms with Gasteiger partial charge in [-0.05, 0) is 31.2 Å². The summed E-state index contributed by atoms with van der Waals surface area (Å²) in [5.74, 6) is 0.661. The summed E-state index contributed by atoms with van der Waals surface area (Å²) in [4.78, 5) is 27.9. The Labute approximate surface area is 157 Å². The molecule has 138 valence electrons. The Balaban J connectivity index is 1.51. The summed E-state index contributed by atoms with van der Waals surface area (Å²) in [6.45, 7) is 2.08. The number of esters is 1. The van der Waals surface area contributed by atoms with Crippen LogP contribution in [0.1, 0.15) is 29.6 Å². The molecule has 0 aliphatic carbocycles. The number of anilines is 1. The van der Waals surface area contributed by atoms with E-state index < -0.39 is 0 Å². The third kappa shape index (κ3) is 5.04. The molecular formula is C21H20N2O4. The third-order valence-corrected chi connectivity index (χ3v) is 3.86. The number of aromatic nitrogens is 1. The van der Waals surface area contributed by atoms with Crippen LogP contribution in [0.5, 0.6) is 0 Å². The van der Waals surface area contributed by atoms with Crippen molar-refractivity contribution in [3.8, 4) is 11.3 Å². The molecule has 1 aromatic heterocycles. The van der Waals surface area contributed by atoms with Crippen LogP contribution in [-0.2, 0) is 16.0 Å². The van der Waals surface area contributed by atoms with E-state index in [0.717, 1.165) is 5.56 Å². The average molecular weight is 364 g/mol. The zero-order valence-electron chi connectivity index (χ0n) is 15.0. The van der Waals surface area contributed by atoms with Crippen molar-refractivity contribution in [3.63, 3.8) is 0 Å². The van der Waals surface area contributed by atoms with Crippen LogP contribution in [0.3, 0.4) is 0 Å². The summed E-state index contributed by atoms with van der Waals surface area (Å²) in [6.07, 6.45) is 2.31. The molecule has 0 unspecified atom stereocenters. The van der Waals surface area contributed by atoms with Crippen LogP contribution in [0.4, 0.5) is 5.69 Å². The van der Waals surface area contributed by atoms with Gasteiger partial charge in [0.2, 0.25) is 5.91 Å². The number of rotatable bonds is 7. The molecule has 3 rings (SSSR count). The molecule has 0 saturated heterocycles. The second kappa shape index (κ2) is 8.80. The molecule has 6 nitrogen and oxygen atoms in total. The first-order valence-corrected chi connectivity index (χ1v) is 8.73. The van der Waals surface area contributed by atoms with E-state index in [1.807, 2.05) is 30.3 Å². The number of aryl methyl sites for hydroxylation is 1. The molecule has 3 aromatic rings. The number of hydrogen-bond acceptors (Lipinski definition) is 5. The van der Waals surface area contributed by atoms with Crippen LogP contribution >= 0.6 is 0 Å². The smallest absolute Gasteiger partial charge is 0.338 e. The number of amides is 1. The van der Waals surface area contributed by atoms with Gasteiger partial charge in [-0.2, -0.15) is 0 Å². The minimum absolute atomic E-state index is 0.154. The van der Waals surface area contributed by atoms with Crippen LogP contribution in [0, 0.1) is 0 Å². The van der Waals surface area contributed by atoms with E-state index in [-0.39, 0.29) is 18.3 Å². The fraction of sp³-hybridized carbons (Fsp3) is 0.190. The Morgan fingerprint density at radius 1 is 1.07 bits per heavy atom. The fourth-order valence-electron chi connectivity index (χ4n) is 2.51. The lowest BCUT2D eigenvalue weighted by molar-refractivity contribution is -0.116. The van der Waals surface area contributed by atoms with Gasteiger partial charge in [-0.1, -0.05) is 30.3 Å². The molecule has 6 heteroatoms. The number of hydrogen-bond donors (Lipinski definition) is 1. The number of nitrogens with zero attached hydrogens (tertiary/aromatic N) is 1. The molecule has 0 aliphatic rings. The highest BCUT2D eigenvalue weighted by atomic mass is 16.5. The van der Waals surface area contributed by atoms with Gasteiger partial charge >= 0.3 is 5.97 Å². The van der Waals surface area contributed by atoms with Gasteiger partial charge in [0.1, 0.15) is 0 Å². The predicted octanol–water partition coefficient (Wildman–Crippen LogP) is 4.09. The molecule has 0 saturated carbocycles. The highest BCUT2D eigenvalue weighted by Crippen LogP contribution is 2.20. The number of carbonyl (C=O) groups is 2. The first kappa shape index (κ1) is 18.4. The van der Waals surface area contributed by atoms with Gasteiger partial charge in [-0.15, -0.1) is 0 Å². The Morgan fingerprint density at radius 3 is 2.52 bits per heavy atom. The van der Waals surface area contributed by atoms with Gasteiger partial charge < -0.3 is 14.5 Å². The molecule has 0 radical (unpaired) electrons. The standard InChI is InChI=1S/C21H20N2O4/c1-2-26-21(25)16-8-10-17(11-9-16)23-19(24)12-13-20-22-14-18(27-20)15-6-4-3-5-7-15/h3-11,14H,2,12-13H2,1H3,(H,23,24). The molecule has 0 aliphatic heterocycles. The van der Waals surface area contributed by atoms with Gasteiger partial charge in [-0.25, -0.2) is 9.78 Å². The van der Waals surface area contributed by atoms with Crippen molar-refractivity contribution < 1.29 is 18.7 Å². The molecule has 1 N–H and O–H groups in total. The minimum Gasteiger partial charge on any atom is -0.462 e. The van der Waals surface area contributed by atoms with E-state index in [9.17, 15) is 9.59 Å². The van der Waals surface area contributed by atoms with E-state index in [1.54, 1.807) is 37.4 Å². The van der Waals surface area contributed by atoms with Gasteiger partial charge in [0.15, 0.2) is 11.7 Å². The molecule has 2 aromatic carbocycles. The van der Waals surface area contributed by atoms with E-state index in [4.69, 9.17) is 9.15 Å². The maximum absolute atomic E-state index is 12.1. The SMILES string of the molecule is CCOC(=O)c1ccc(NC(=O)CCc2ncc(-c3ccccc3)o2)cc1. The lowest BCUT2D eigenvalue weighted by Crippen LogP contribution is -2.12. The lowest BCUT2D eigenvalue weighted by Gasteiger charge is -2.06. The minimum atomic E-state index is -0.381. The first-order valence-electron chi connectivity index (χ1n) is 8.73. The van der Waals surface area contributed by atoms with Crippen molar-refractivity contribution in [1.82, 2.24) is 4.98 Å². The molecule has 0 atom stereocenters. The maximum Gasteiger partial charge on any atom is 0.338 e. The molecule has 27 heavy (non-hydrogen) atoms. The molecule has 1 heterocycles. The third-order valence-electron chi connectivity index (χ3n) is 3.86. The van der Waals surface area contributed by atoms with Gasteiger partial charge in [0.05, 0.1) is 18.4 Å². The fourth-order valence-corrected chi connectivity index (χ4v) is 2.51. The van der Waals surface area contributed by atoms with Crippen molar-refractivity contribution in [2.24, 2.45) is 0 Å². The second-order valence-corrected chi connectivity index (χ2v) is 5.83. The van der Waals surface area contributed by atoms with Crippen LogP contribution in [0.25, 0.3) is 11.3 Å². The van der Waals surface area contributed by atoms with Crippen LogP contribution in [-0.4, -0.2) is 23.5 Å². The number of carbonyl (C=O) groups excluding carboxylic acids is 2. The van der Waals surface area contributed by atoms with Crippen molar-refractivity contribution in [1.29, 1.82) is 0 Å². The molecular weight excluding hydrogens is 344 g/mol. The highest BCUT2D eigenvalue weighted by molar-refractivity contribution is 5.93.